The number of pyridine rings is 1. The van der Waals surface area contributed by atoms with Crippen LogP contribution in [0, 0.1) is 0 Å². The quantitative estimate of drug-likeness (QED) is 0.674. The van der Waals surface area contributed by atoms with Crippen molar-refractivity contribution in [2.24, 2.45) is 0 Å². The van der Waals surface area contributed by atoms with Crippen LogP contribution in [0.25, 0.3) is 16.3 Å². The van der Waals surface area contributed by atoms with Gasteiger partial charge in [-0.15, -0.1) is 11.3 Å². The van der Waals surface area contributed by atoms with Gasteiger partial charge in [0.15, 0.2) is 0 Å². The molecule has 24 heavy (non-hydrogen) atoms. The van der Waals surface area contributed by atoms with E-state index in [0.717, 1.165) is 23.4 Å². The Morgan fingerprint density at radius 2 is 1.96 bits per heavy atom. The number of nitrogens with zero attached hydrogens (tertiary/aromatic N) is 1. The number of thiophene rings is 1. The van der Waals surface area contributed by atoms with Crippen LogP contribution in [0.15, 0.2) is 52.6 Å². The summed E-state index contributed by atoms with van der Waals surface area (Å²) in [5.41, 5.74) is 1.72. The summed E-state index contributed by atoms with van der Waals surface area (Å²) in [4.78, 5) is 14.0. The zero-order chi connectivity index (χ0) is 17.1. The van der Waals surface area contributed by atoms with Crippen molar-refractivity contribution in [3.63, 3.8) is 0 Å². The second-order valence-corrected chi connectivity index (χ2v) is 6.98. The summed E-state index contributed by atoms with van der Waals surface area (Å²) < 4.78 is 1.66. The SMILES string of the molecule is CCCCc1c(O)cc(-c2cccs2)n(-c2ccc(Cl)cc2)c1=O. The van der Waals surface area contributed by atoms with Crippen molar-refractivity contribution in [3.05, 3.63) is 68.8 Å². The highest BCUT2D eigenvalue weighted by Crippen LogP contribution is 2.30. The van der Waals surface area contributed by atoms with Crippen molar-refractivity contribution in [2.75, 3.05) is 0 Å². The first-order valence-electron chi connectivity index (χ1n) is 7.89. The molecule has 0 fully saturated rings. The Balaban J connectivity index is 2.26. The van der Waals surface area contributed by atoms with Crippen LogP contribution < -0.4 is 5.56 Å². The number of unbranched alkanes of at least 4 members (excludes halogenated alkanes) is 1. The molecule has 0 aliphatic carbocycles. The smallest absolute Gasteiger partial charge is 0.262 e. The van der Waals surface area contributed by atoms with Crippen molar-refractivity contribution in [2.45, 2.75) is 26.2 Å². The molecule has 0 radical (unpaired) electrons. The molecule has 3 rings (SSSR count). The maximum atomic E-state index is 13.1. The van der Waals surface area contributed by atoms with Crippen molar-refractivity contribution in [1.82, 2.24) is 4.57 Å². The zero-order valence-corrected chi connectivity index (χ0v) is 14.9. The van der Waals surface area contributed by atoms with Crippen LogP contribution in [0.1, 0.15) is 25.3 Å². The number of halogens is 1. The van der Waals surface area contributed by atoms with E-state index in [1.54, 1.807) is 22.8 Å². The largest absolute Gasteiger partial charge is 0.507 e. The number of rotatable bonds is 5. The third kappa shape index (κ3) is 3.25. The molecule has 124 valence electrons. The molecule has 0 saturated heterocycles. The van der Waals surface area contributed by atoms with E-state index in [4.69, 9.17) is 11.6 Å². The topological polar surface area (TPSA) is 42.2 Å². The summed E-state index contributed by atoms with van der Waals surface area (Å²) in [6.07, 6.45) is 2.40. The maximum Gasteiger partial charge on any atom is 0.262 e. The molecule has 0 aliphatic heterocycles. The first kappa shape index (κ1) is 16.8. The monoisotopic (exact) mass is 359 g/mol. The van der Waals surface area contributed by atoms with Gasteiger partial charge in [-0.1, -0.05) is 31.0 Å². The van der Waals surface area contributed by atoms with Gasteiger partial charge < -0.3 is 5.11 Å². The molecule has 0 atom stereocenters. The second kappa shape index (κ2) is 7.24. The first-order chi connectivity index (χ1) is 11.6. The van der Waals surface area contributed by atoms with Gasteiger partial charge in [-0.2, -0.15) is 0 Å². The van der Waals surface area contributed by atoms with Gasteiger partial charge in [0.25, 0.3) is 5.56 Å². The zero-order valence-electron chi connectivity index (χ0n) is 13.3. The predicted octanol–water partition coefficient (Wildman–Crippen LogP) is 5.27. The maximum absolute atomic E-state index is 13.1. The Morgan fingerprint density at radius 1 is 1.21 bits per heavy atom. The third-order valence-corrected chi connectivity index (χ3v) is 5.07. The van der Waals surface area contributed by atoms with E-state index in [0.29, 0.717) is 22.7 Å². The third-order valence-electron chi connectivity index (χ3n) is 3.92. The molecule has 5 heteroatoms. The highest BCUT2D eigenvalue weighted by Gasteiger charge is 2.17. The highest BCUT2D eigenvalue weighted by molar-refractivity contribution is 7.13. The van der Waals surface area contributed by atoms with E-state index in [-0.39, 0.29) is 11.3 Å². The van der Waals surface area contributed by atoms with E-state index in [1.165, 1.54) is 11.3 Å². The van der Waals surface area contributed by atoms with Crippen LogP contribution in [0.2, 0.25) is 5.02 Å². The fourth-order valence-electron chi connectivity index (χ4n) is 2.68. The van der Waals surface area contributed by atoms with Crippen molar-refractivity contribution in [1.29, 1.82) is 0 Å². The Labute approximate surface area is 149 Å². The average molecular weight is 360 g/mol. The fourth-order valence-corrected chi connectivity index (χ4v) is 3.53. The Bertz CT molecular complexity index is 883. The summed E-state index contributed by atoms with van der Waals surface area (Å²) in [5.74, 6) is 0.0714. The van der Waals surface area contributed by atoms with E-state index in [1.807, 2.05) is 29.6 Å². The van der Waals surface area contributed by atoms with Crippen LogP contribution in [0.4, 0.5) is 0 Å². The first-order valence-corrected chi connectivity index (χ1v) is 9.15. The summed E-state index contributed by atoms with van der Waals surface area (Å²) in [6, 6.07) is 12.7. The van der Waals surface area contributed by atoms with Gasteiger partial charge >= 0.3 is 0 Å². The lowest BCUT2D eigenvalue weighted by Crippen LogP contribution is -2.23. The molecule has 3 aromatic rings. The van der Waals surface area contributed by atoms with Gasteiger partial charge in [0, 0.05) is 16.8 Å². The van der Waals surface area contributed by atoms with Crippen LogP contribution in [0.5, 0.6) is 5.75 Å². The number of hydrogen-bond donors (Lipinski definition) is 1. The average Bonchev–Trinajstić information content (AvgIpc) is 3.10. The summed E-state index contributed by atoms with van der Waals surface area (Å²) >= 11 is 7.51. The Morgan fingerprint density at radius 3 is 2.58 bits per heavy atom. The van der Waals surface area contributed by atoms with Crippen LogP contribution >= 0.6 is 22.9 Å². The van der Waals surface area contributed by atoms with Crippen LogP contribution in [0.3, 0.4) is 0 Å². The fraction of sp³-hybridized carbons (Fsp3) is 0.211. The number of benzene rings is 1. The molecular formula is C19H18ClNO2S. The molecule has 1 N–H and O–H groups in total. The Kier molecular flexibility index (Phi) is 5.07. The lowest BCUT2D eigenvalue weighted by molar-refractivity contribution is 0.464. The molecule has 1 aromatic carbocycles. The minimum Gasteiger partial charge on any atom is -0.507 e. The van der Waals surface area contributed by atoms with Gasteiger partial charge in [-0.3, -0.25) is 9.36 Å². The standard InChI is InChI=1S/C19H18ClNO2S/c1-2-3-5-15-17(22)12-16(18-6-4-11-24-18)21(19(15)23)14-9-7-13(20)8-10-14/h4,6-12,22H,2-3,5H2,1H3. The molecule has 2 heterocycles. The molecule has 0 bridgehead atoms. The minimum atomic E-state index is -0.172. The van der Waals surface area contributed by atoms with Gasteiger partial charge in [-0.25, -0.2) is 0 Å². The molecule has 0 aliphatic rings. The van der Waals surface area contributed by atoms with E-state index < -0.39 is 0 Å². The predicted molar refractivity (Wildman–Crippen MR) is 101 cm³/mol. The van der Waals surface area contributed by atoms with E-state index in [9.17, 15) is 9.90 Å². The van der Waals surface area contributed by atoms with Crippen molar-refractivity contribution in [3.8, 4) is 22.0 Å². The lowest BCUT2D eigenvalue weighted by atomic mass is 10.1. The summed E-state index contributed by atoms with van der Waals surface area (Å²) in [7, 11) is 0. The summed E-state index contributed by atoms with van der Waals surface area (Å²) in [5, 5.41) is 13.0. The van der Waals surface area contributed by atoms with Gasteiger partial charge in [-0.05, 0) is 48.6 Å². The number of hydrogen-bond acceptors (Lipinski definition) is 3. The highest BCUT2D eigenvalue weighted by atomic mass is 35.5. The second-order valence-electron chi connectivity index (χ2n) is 5.59. The molecular weight excluding hydrogens is 342 g/mol. The molecule has 3 nitrogen and oxygen atoms in total. The van der Waals surface area contributed by atoms with Crippen LogP contribution in [-0.2, 0) is 6.42 Å². The Hall–Kier alpha value is -2.04. The van der Waals surface area contributed by atoms with Gasteiger partial charge in [0.05, 0.1) is 16.1 Å². The van der Waals surface area contributed by atoms with Gasteiger partial charge in [0.2, 0.25) is 0 Å². The lowest BCUT2D eigenvalue weighted by Gasteiger charge is -2.15. The van der Waals surface area contributed by atoms with Crippen molar-refractivity contribution >= 4 is 22.9 Å². The number of aromatic hydroxyl groups is 1. The number of aromatic nitrogens is 1. The van der Waals surface area contributed by atoms with E-state index >= 15 is 0 Å². The minimum absolute atomic E-state index is 0.0714. The van der Waals surface area contributed by atoms with Crippen LogP contribution in [-0.4, -0.2) is 9.67 Å². The molecule has 0 spiro atoms. The summed E-state index contributed by atoms with van der Waals surface area (Å²) in [6.45, 7) is 2.06. The van der Waals surface area contributed by atoms with E-state index in [2.05, 4.69) is 6.92 Å². The molecule has 0 unspecified atom stereocenters. The van der Waals surface area contributed by atoms with Crippen molar-refractivity contribution < 1.29 is 5.11 Å². The normalized spacial score (nSPS) is 10.9. The molecule has 0 saturated carbocycles. The molecule has 2 aromatic heterocycles. The van der Waals surface area contributed by atoms with Gasteiger partial charge in [0.1, 0.15) is 5.75 Å². The molecule has 0 amide bonds.